The first kappa shape index (κ1) is 17.5. The largest absolute Gasteiger partial charge is 0.497 e. The zero-order valence-electron chi connectivity index (χ0n) is 12.9. The van der Waals surface area contributed by atoms with E-state index in [0.29, 0.717) is 11.5 Å². The Hall–Kier alpha value is -1.87. The Labute approximate surface area is 133 Å². The van der Waals surface area contributed by atoms with Gasteiger partial charge in [0.15, 0.2) is 0 Å². The van der Waals surface area contributed by atoms with Crippen molar-refractivity contribution < 1.29 is 34.3 Å². The second kappa shape index (κ2) is 7.60. The van der Waals surface area contributed by atoms with Gasteiger partial charge in [0.1, 0.15) is 35.9 Å². The molecule has 0 aliphatic carbocycles. The van der Waals surface area contributed by atoms with Crippen LogP contribution in [0.3, 0.4) is 0 Å². The molecule has 0 spiro atoms. The molecule has 1 amide bonds. The highest BCUT2D eigenvalue weighted by Crippen LogP contribution is 2.26. The minimum Gasteiger partial charge on any atom is -0.497 e. The molecule has 8 heteroatoms. The number of amides is 1. The zero-order valence-corrected chi connectivity index (χ0v) is 12.9. The molecule has 0 saturated carbocycles. The van der Waals surface area contributed by atoms with E-state index in [1.807, 2.05) is 0 Å². The summed E-state index contributed by atoms with van der Waals surface area (Å²) >= 11 is 0. The number of hydrogen-bond acceptors (Lipinski definition) is 7. The summed E-state index contributed by atoms with van der Waals surface area (Å²) in [5.74, 6) is 0.546. The maximum absolute atomic E-state index is 11.3. The summed E-state index contributed by atoms with van der Waals surface area (Å²) in [5, 5.41) is 31.8. The van der Waals surface area contributed by atoms with Crippen molar-refractivity contribution in [2.24, 2.45) is 0 Å². The van der Waals surface area contributed by atoms with Crippen molar-refractivity contribution in [2.75, 3.05) is 13.7 Å². The average molecular weight is 327 g/mol. The second-order valence-electron chi connectivity index (χ2n) is 5.23. The van der Waals surface area contributed by atoms with Crippen LogP contribution in [0, 0.1) is 0 Å². The second-order valence-corrected chi connectivity index (χ2v) is 5.23. The van der Waals surface area contributed by atoms with E-state index in [0.717, 1.165) is 0 Å². The smallest absolute Gasteiger partial charge is 0.223 e. The van der Waals surface area contributed by atoms with Gasteiger partial charge in [0.05, 0.1) is 13.7 Å². The molecule has 0 radical (unpaired) electrons. The number of aliphatic hydroxyl groups excluding tert-OH is 3. The van der Waals surface area contributed by atoms with Crippen molar-refractivity contribution in [1.82, 2.24) is 5.32 Å². The topological polar surface area (TPSA) is 117 Å². The molecule has 8 nitrogen and oxygen atoms in total. The predicted molar refractivity (Wildman–Crippen MR) is 79.0 cm³/mol. The van der Waals surface area contributed by atoms with Gasteiger partial charge in [-0.3, -0.25) is 4.79 Å². The molecule has 1 heterocycles. The van der Waals surface area contributed by atoms with Gasteiger partial charge in [-0.15, -0.1) is 0 Å². The van der Waals surface area contributed by atoms with Crippen molar-refractivity contribution in [2.45, 2.75) is 37.6 Å². The third-order valence-electron chi connectivity index (χ3n) is 3.54. The fourth-order valence-electron chi connectivity index (χ4n) is 2.38. The number of ether oxygens (including phenoxy) is 3. The number of hydrogen-bond donors (Lipinski definition) is 4. The van der Waals surface area contributed by atoms with Gasteiger partial charge in [-0.05, 0) is 12.1 Å². The minimum absolute atomic E-state index is 0.394. The Morgan fingerprint density at radius 3 is 2.61 bits per heavy atom. The van der Waals surface area contributed by atoms with E-state index in [1.165, 1.54) is 14.0 Å². The van der Waals surface area contributed by atoms with Crippen LogP contribution in [0.15, 0.2) is 24.3 Å². The van der Waals surface area contributed by atoms with Crippen LogP contribution in [0.4, 0.5) is 0 Å². The van der Waals surface area contributed by atoms with Crippen LogP contribution >= 0.6 is 0 Å². The van der Waals surface area contributed by atoms with E-state index in [9.17, 15) is 20.1 Å². The molecule has 1 aromatic rings. The van der Waals surface area contributed by atoms with Crippen LogP contribution in [0.5, 0.6) is 11.5 Å². The van der Waals surface area contributed by atoms with Gasteiger partial charge >= 0.3 is 0 Å². The molecule has 4 N–H and O–H groups in total. The predicted octanol–water partition coefficient (Wildman–Crippen LogP) is -0.982. The number of methoxy groups -OCH3 is 1. The first-order chi connectivity index (χ1) is 11.0. The molecule has 1 aliphatic heterocycles. The molecule has 1 aromatic carbocycles. The number of nitrogens with one attached hydrogen (secondary N) is 1. The van der Waals surface area contributed by atoms with E-state index >= 15 is 0 Å². The summed E-state index contributed by atoms with van der Waals surface area (Å²) in [4.78, 5) is 11.3. The lowest BCUT2D eigenvalue weighted by Crippen LogP contribution is -2.65. The van der Waals surface area contributed by atoms with Crippen LogP contribution in [0.25, 0.3) is 0 Å². The lowest BCUT2D eigenvalue weighted by Gasteiger charge is -2.42. The fraction of sp³-hybridized carbons (Fsp3) is 0.533. The summed E-state index contributed by atoms with van der Waals surface area (Å²) in [6.07, 6.45) is -4.80. The molecule has 5 atom stereocenters. The first-order valence-corrected chi connectivity index (χ1v) is 7.16. The Bertz CT molecular complexity index is 538. The molecular weight excluding hydrogens is 306 g/mol. The summed E-state index contributed by atoms with van der Waals surface area (Å²) in [6.45, 7) is 0.781. The lowest BCUT2D eigenvalue weighted by atomic mass is 9.97. The average Bonchev–Trinajstić information content (AvgIpc) is 2.54. The number of benzene rings is 1. The van der Waals surface area contributed by atoms with Gasteiger partial charge < -0.3 is 34.8 Å². The monoisotopic (exact) mass is 327 g/mol. The number of rotatable bonds is 5. The Morgan fingerprint density at radius 2 is 2.00 bits per heavy atom. The van der Waals surface area contributed by atoms with Crippen molar-refractivity contribution in [1.29, 1.82) is 0 Å². The molecular formula is C15H21NO7. The molecule has 0 aromatic heterocycles. The first-order valence-electron chi connectivity index (χ1n) is 7.16. The summed E-state index contributed by atoms with van der Waals surface area (Å²) in [6, 6.07) is 5.71. The van der Waals surface area contributed by atoms with Crippen LogP contribution < -0.4 is 14.8 Å². The molecule has 1 aliphatic rings. The van der Waals surface area contributed by atoms with Crippen LogP contribution in [0.1, 0.15) is 6.92 Å². The van der Waals surface area contributed by atoms with Crippen molar-refractivity contribution in [3.05, 3.63) is 24.3 Å². The van der Waals surface area contributed by atoms with Gasteiger partial charge in [-0.2, -0.15) is 0 Å². The van der Waals surface area contributed by atoms with Crippen molar-refractivity contribution >= 4 is 5.91 Å². The fourth-order valence-corrected chi connectivity index (χ4v) is 2.38. The standard InChI is InChI=1S/C15H21NO7/c1-8(18)16-12-14(20)13(19)11(7-17)23-15(12)22-10-5-3-4-9(6-10)21-2/h3-6,11-15,17,19-20H,7H2,1-2H3,(H,16,18)/t11-,12+,13-,14-,15-/m1/s1. The lowest BCUT2D eigenvalue weighted by molar-refractivity contribution is -0.244. The molecule has 1 fully saturated rings. The molecule has 1 saturated heterocycles. The maximum atomic E-state index is 11.3. The summed E-state index contributed by atoms with van der Waals surface area (Å²) in [7, 11) is 1.51. The van der Waals surface area contributed by atoms with E-state index in [1.54, 1.807) is 24.3 Å². The molecule has 0 bridgehead atoms. The zero-order chi connectivity index (χ0) is 17.0. The highest BCUT2D eigenvalue weighted by molar-refractivity contribution is 5.73. The summed E-state index contributed by atoms with van der Waals surface area (Å²) < 4.78 is 16.2. The molecule has 0 unspecified atom stereocenters. The molecule has 23 heavy (non-hydrogen) atoms. The Balaban J connectivity index is 2.21. The van der Waals surface area contributed by atoms with Gasteiger partial charge in [-0.1, -0.05) is 6.07 Å². The van der Waals surface area contributed by atoms with Crippen molar-refractivity contribution in [3.8, 4) is 11.5 Å². The van der Waals surface area contributed by atoms with Crippen molar-refractivity contribution in [3.63, 3.8) is 0 Å². The van der Waals surface area contributed by atoms with Crippen LogP contribution in [-0.2, 0) is 9.53 Å². The normalized spacial score (nSPS) is 30.6. The van der Waals surface area contributed by atoms with E-state index in [2.05, 4.69) is 5.32 Å². The maximum Gasteiger partial charge on any atom is 0.223 e. The Kier molecular flexibility index (Phi) is 5.78. The van der Waals surface area contributed by atoms with E-state index in [4.69, 9.17) is 14.2 Å². The van der Waals surface area contributed by atoms with Gasteiger partial charge in [0.25, 0.3) is 0 Å². The van der Waals surface area contributed by atoms with Gasteiger partial charge in [0, 0.05) is 13.0 Å². The minimum atomic E-state index is -1.35. The highest BCUT2D eigenvalue weighted by atomic mass is 16.7. The Morgan fingerprint density at radius 1 is 1.30 bits per heavy atom. The number of carbonyl (C=O) groups excluding carboxylic acids is 1. The van der Waals surface area contributed by atoms with E-state index in [-0.39, 0.29) is 0 Å². The van der Waals surface area contributed by atoms with Gasteiger partial charge in [0.2, 0.25) is 12.2 Å². The third kappa shape index (κ3) is 4.11. The van der Waals surface area contributed by atoms with Crippen LogP contribution in [-0.4, -0.2) is 65.6 Å². The van der Waals surface area contributed by atoms with Crippen LogP contribution in [0.2, 0.25) is 0 Å². The van der Waals surface area contributed by atoms with E-state index < -0.39 is 43.2 Å². The SMILES string of the molecule is COc1cccc(O[C@@H]2O[C@H](CO)[C@@H](O)[C@H](O)[C@@H]2NC(C)=O)c1. The number of carbonyl (C=O) groups is 1. The quantitative estimate of drug-likeness (QED) is 0.549. The van der Waals surface area contributed by atoms with Gasteiger partial charge in [-0.25, -0.2) is 0 Å². The third-order valence-corrected chi connectivity index (χ3v) is 3.54. The molecule has 2 rings (SSSR count). The number of aliphatic hydroxyl groups is 3. The summed E-state index contributed by atoms with van der Waals surface area (Å²) in [5.41, 5.74) is 0. The highest BCUT2D eigenvalue weighted by Gasteiger charge is 2.46. The molecule has 128 valence electrons.